The minimum atomic E-state index is -0.0277. The molecule has 0 bridgehead atoms. The molecule has 0 unspecified atom stereocenters. The molecule has 2 heterocycles. The van der Waals surface area contributed by atoms with E-state index in [0.29, 0.717) is 22.4 Å². The minimum Gasteiger partial charge on any atom is -0.311 e. The molecule has 1 N–H and O–H groups in total. The van der Waals surface area contributed by atoms with Crippen molar-refractivity contribution >= 4 is 56.6 Å². The van der Waals surface area contributed by atoms with Gasteiger partial charge in [0.1, 0.15) is 5.82 Å². The van der Waals surface area contributed by atoms with E-state index < -0.39 is 0 Å². The Morgan fingerprint density at radius 2 is 2.00 bits per heavy atom. The van der Waals surface area contributed by atoms with Gasteiger partial charge in [0.2, 0.25) is 11.0 Å². The Morgan fingerprint density at radius 3 is 2.77 bits per heavy atom. The molecule has 0 fully saturated rings. The van der Waals surface area contributed by atoms with Crippen molar-refractivity contribution in [3.05, 3.63) is 64.8 Å². The fourth-order valence-corrected chi connectivity index (χ4v) is 5.22. The highest BCUT2D eigenvalue weighted by molar-refractivity contribution is 7.99. The number of rotatable bonds is 7. The molecule has 0 aliphatic carbocycles. The van der Waals surface area contributed by atoms with Crippen LogP contribution >= 0.6 is 34.7 Å². The third-order valence-electron chi connectivity index (χ3n) is 4.53. The number of thioether (sulfide) groups is 1. The number of halogens is 1. The van der Waals surface area contributed by atoms with E-state index in [9.17, 15) is 4.79 Å². The molecule has 30 heavy (non-hydrogen) atoms. The number of anilines is 1. The Hall–Kier alpha value is -2.35. The highest BCUT2D eigenvalue weighted by Gasteiger charge is 2.16. The molecule has 5 nitrogen and oxygen atoms in total. The van der Waals surface area contributed by atoms with Gasteiger partial charge in [0, 0.05) is 17.4 Å². The molecule has 0 saturated heterocycles. The summed E-state index contributed by atoms with van der Waals surface area (Å²) in [6, 6.07) is 15.9. The summed E-state index contributed by atoms with van der Waals surface area (Å²) in [5, 5.41) is 8.87. The molecule has 8 heteroatoms. The lowest BCUT2D eigenvalue weighted by Crippen LogP contribution is -2.14. The van der Waals surface area contributed by atoms with Crippen LogP contribution in [-0.2, 0) is 4.79 Å². The van der Waals surface area contributed by atoms with Gasteiger partial charge in [0.15, 0.2) is 0 Å². The monoisotopic (exact) mass is 456 g/mol. The van der Waals surface area contributed by atoms with Crippen molar-refractivity contribution < 1.29 is 4.79 Å². The van der Waals surface area contributed by atoms with E-state index in [2.05, 4.69) is 22.5 Å². The average molecular weight is 457 g/mol. The maximum Gasteiger partial charge on any atom is 0.225 e. The summed E-state index contributed by atoms with van der Waals surface area (Å²) in [4.78, 5) is 18.4. The summed E-state index contributed by atoms with van der Waals surface area (Å²) in [5.41, 5.74) is 2.74. The Labute approximate surface area is 188 Å². The second-order valence-electron chi connectivity index (χ2n) is 6.93. The molecular formula is C22H21ClN4OS2. The molecule has 154 valence electrons. The summed E-state index contributed by atoms with van der Waals surface area (Å²) in [5.74, 6) is 1.49. The fraction of sp³-hybridized carbons (Fsp3) is 0.227. The van der Waals surface area contributed by atoms with Crippen molar-refractivity contribution in [1.29, 1.82) is 0 Å². The highest BCUT2D eigenvalue weighted by atomic mass is 35.5. The number of nitrogens with one attached hydrogen (secondary N) is 1. The van der Waals surface area contributed by atoms with Crippen molar-refractivity contribution in [3.63, 3.8) is 0 Å². The Bertz CT molecular complexity index is 1150. The number of carbonyl (C=O) groups is 1. The molecule has 2 aromatic carbocycles. The maximum absolute atomic E-state index is 12.5. The van der Waals surface area contributed by atoms with Gasteiger partial charge in [-0.05, 0) is 49.8 Å². The predicted octanol–water partition coefficient (Wildman–Crippen LogP) is 6.26. The van der Waals surface area contributed by atoms with E-state index in [1.165, 1.54) is 16.2 Å². The van der Waals surface area contributed by atoms with Gasteiger partial charge in [0.05, 0.1) is 20.9 Å². The van der Waals surface area contributed by atoms with Crippen molar-refractivity contribution in [2.75, 3.05) is 11.1 Å². The SMILES string of the molecule is Cc1cc(NC(=O)CCCSc2ccccc2)n(-c2nc3c(C)ccc(Cl)c3s2)n1. The van der Waals surface area contributed by atoms with E-state index >= 15 is 0 Å². The van der Waals surface area contributed by atoms with E-state index in [1.807, 2.05) is 50.2 Å². The van der Waals surface area contributed by atoms with Crippen LogP contribution in [-0.4, -0.2) is 26.4 Å². The number of amides is 1. The average Bonchev–Trinajstić information content (AvgIpc) is 3.33. The molecule has 0 atom stereocenters. The number of fused-ring (bicyclic) bond motifs is 1. The van der Waals surface area contributed by atoms with Gasteiger partial charge in [-0.15, -0.1) is 11.8 Å². The van der Waals surface area contributed by atoms with Gasteiger partial charge in [-0.3, -0.25) is 4.79 Å². The third kappa shape index (κ3) is 4.69. The fourth-order valence-electron chi connectivity index (χ4n) is 3.06. The molecule has 0 radical (unpaired) electrons. The van der Waals surface area contributed by atoms with Crippen LogP contribution in [0.15, 0.2) is 53.4 Å². The van der Waals surface area contributed by atoms with E-state index in [1.54, 1.807) is 16.4 Å². The summed E-state index contributed by atoms with van der Waals surface area (Å²) in [7, 11) is 0. The molecule has 1 amide bonds. The number of aromatic nitrogens is 3. The van der Waals surface area contributed by atoms with Crippen LogP contribution in [0.4, 0.5) is 5.82 Å². The first kappa shape index (κ1) is 20.9. The lowest BCUT2D eigenvalue weighted by molar-refractivity contribution is -0.116. The zero-order valence-electron chi connectivity index (χ0n) is 16.7. The molecule has 2 aromatic heterocycles. The second kappa shape index (κ2) is 9.20. The first-order chi connectivity index (χ1) is 14.5. The molecule has 0 aliphatic heterocycles. The van der Waals surface area contributed by atoms with Crippen LogP contribution < -0.4 is 5.32 Å². The van der Waals surface area contributed by atoms with Crippen molar-refractivity contribution in [2.45, 2.75) is 31.6 Å². The number of hydrogen-bond donors (Lipinski definition) is 1. The van der Waals surface area contributed by atoms with Crippen LogP contribution in [0, 0.1) is 13.8 Å². The largest absolute Gasteiger partial charge is 0.311 e. The van der Waals surface area contributed by atoms with Gasteiger partial charge in [-0.1, -0.05) is 47.2 Å². The number of hydrogen-bond acceptors (Lipinski definition) is 5. The highest BCUT2D eigenvalue weighted by Crippen LogP contribution is 2.34. The van der Waals surface area contributed by atoms with Crippen molar-refractivity contribution in [1.82, 2.24) is 14.8 Å². The molecule has 4 rings (SSSR count). The molecular weight excluding hydrogens is 436 g/mol. The summed E-state index contributed by atoms with van der Waals surface area (Å²) in [6.07, 6.45) is 1.25. The molecule has 0 aliphatic rings. The third-order valence-corrected chi connectivity index (χ3v) is 7.12. The number of benzene rings is 2. The summed E-state index contributed by atoms with van der Waals surface area (Å²) >= 11 is 9.57. The van der Waals surface area contributed by atoms with E-state index in [0.717, 1.165) is 33.6 Å². The maximum atomic E-state index is 12.5. The van der Waals surface area contributed by atoms with Gasteiger partial charge < -0.3 is 5.32 Å². The zero-order valence-corrected chi connectivity index (χ0v) is 19.1. The first-order valence-corrected chi connectivity index (χ1v) is 11.8. The number of aryl methyl sites for hydroxylation is 2. The Kier molecular flexibility index (Phi) is 6.41. The normalized spacial score (nSPS) is 11.2. The van der Waals surface area contributed by atoms with Crippen LogP contribution in [0.3, 0.4) is 0 Å². The smallest absolute Gasteiger partial charge is 0.225 e. The number of carbonyl (C=O) groups excluding carboxylic acids is 1. The van der Waals surface area contributed by atoms with Crippen LogP contribution in [0.2, 0.25) is 5.02 Å². The molecule has 0 saturated carbocycles. The number of thiazole rings is 1. The quantitative estimate of drug-likeness (QED) is 0.263. The van der Waals surface area contributed by atoms with Crippen LogP contribution in [0.25, 0.3) is 15.3 Å². The van der Waals surface area contributed by atoms with E-state index in [4.69, 9.17) is 16.6 Å². The molecule has 0 spiro atoms. The topological polar surface area (TPSA) is 59.8 Å². The Morgan fingerprint density at radius 1 is 1.20 bits per heavy atom. The van der Waals surface area contributed by atoms with Crippen LogP contribution in [0.5, 0.6) is 0 Å². The zero-order chi connectivity index (χ0) is 21.1. The summed E-state index contributed by atoms with van der Waals surface area (Å²) in [6.45, 7) is 3.90. The van der Waals surface area contributed by atoms with Crippen molar-refractivity contribution in [2.24, 2.45) is 0 Å². The van der Waals surface area contributed by atoms with Gasteiger partial charge in [0.25, 0.3) is 0 Å². The first-order valence-electron chi connectivity index (χ1n) is 9.61. The standard InChI is InChI=1S/C22H21ClN4OS2/c1-14-10-11-17(23)21-20(14)25-22(30-21)27-18(13-15(2)26-27)24-19(28)9-6-12-29-16-7-4-3-5-8-16/h3-5,7-8,10-11,13H,6,9,12H2,1-2H3,(H,24,28). The van der Waals surface area contributed by atoms with Crippen molar-refractivity contribution in [3.8, 4) is 5.13 Å². The second-order valence-corrected chi connectivity index (χ2v) is 9.49. The van der Waals surface area contributed by atoms with Gasteiger partial charge in [-0.25, -0.2) is 4.98 Å². The van der Waals surface area contributed by atoms with Crippen LogP contribution in [0.1, 0.15) is 24.1 Å². The molecule has 4 aromatic rings. The lowest BCUT2D eigenvalue weighted by Gasteiger charge is -2.06. The van der Waals surface area contributed by atoms with E-state index in [-0.39, 0.29) is 5.91 Å². The Balaban J connectivity index is 1.44. The minimum absolute atomic E-state index is 0.0277. The number of nitrogens with zero attached hydrogens (tertiary/aromatic N) is 3. The lowest BCUT2D eigenvalue weighted by atomic mass is 10.2. The van der Waals surface area contributed by atoms with Gasteiger partial charge >= 0.3 is 0 Å². The summed E-state index contributed by atoms with van der Waals surface area (Å²) < 4.78 is 2.61. The van der Waals surface area contributed by atoms with Gasteiger partial charge in [-0.2, -0.15) is 9.78 Å². The predicted molar refractivity (Wildman–Crippen MR) is 126 cm³/mol.